The first-order chi connectivity index (χ1) is 8.33. The van der Waals surface area contributed by atoms with Crippen molar-refractivity contribution in [2.75, 3.05) is 0 Å². The topological polar surface area (TPSA) is 90.7 Å². The summed E-state index contributed by atoms with van der Waals surface area (Å²) in [5, 5.41) is 3.93. The van der Waals surface area contributed by atoms with Gasteiger partial charge in [-0.05, 0) is 19.3 Å². The molecular formula is C11H13N5O. The molecule has 0 aliphatic heterocycles. The van der Waals surface area contributed by atoms with E-state index in [-0.39, 0.29) is 6.04 Å². The molecule has 0 radical (unpaired) electrons. The average molecular weight is 231 g/mol. The first kappa shape index (κ1) is 10.3. The van der Waals surface area contributed by atoms with E-state index in [1.165, 1.54) is 0 Å². The van der Waals surface area contributed by atoms with Crippen LogP contribution in [0.4, 0.5) is 0 Å². The molecule has 2 heterocycles. The van der Waals surface area contributed by atoms with Gasteiger partial charge in [-0.1, -0.05) is 5.16 Å². The summed E-state index contributed by atoms with van der Waals surface area (Å²) in [5.74, 6) is 1.45. The van der Waals surface area contributed by atoms with Crippen LogP contribution < -0.4 is 5.73 Å². The van der Waals surface area contributed by atoms with Gasteiger partial charge in [0, 0.05) is 24.4 Å². The molecule has 2 N–H and O–H groups in total. The van der Waals surface area contributed by atoms with Crippen LogP contribution >= 0.6 is 0 Å². The van der Waals surface area contributed by atoms with Gasteiger partial charge in [0.2, 0.25) is 11.7 Å². The van der Waals surface area contributed by atoms with E-state index in [1.807, 2.05) is 0 Å². The molecule has 88 valence electrons. The third kappa shape index (κ3) is 2.03. The van der Waals surface area contributed by atoms with E-state index < -0.39 is 0 Å². The molecule has 2 aromatic rings. The fourth-order valence-corrected chi connectivity index (χ4v) is 2.16. The SMILES string of the molecule is NC1CCC(c2nc(-c3cnccn3)no2)C1. The maximum absolute atomic E-state index is 5.87. The molecule has 6 nitrogen and oxygen atoms in total. The molecule has 17 heavy (non-hydrogen) atoms. The van der Waals surface area contributed by atoms with Gasteiger partial charge in [0.05, 0.1) is 6.20 Å². The lowest BCUT2D eigenvalue weighted by atomic mass is 10.1. The second-order valence-electron chi connectivity index (χ2n) is 4.32. The summed E-state index contributed by atoms with van der Waals surface area (Å²) >= 11 is 0. The summed E-state index contributed by atoms with van der Waals surface area (Å²) < 4.78 is 5.27. The zero-order chi connectivity index (χ0) is 11.7. The highest BCUT2D eigenvalue weighted by molar-refractivity contribution is 5.45. The van der Waals surface area contributed by atoms with Crippen LogP contribution in [-0.4, -0.2) is 26.2 Å². The van der Waals surface area contributed by atoms with Crippen molar-refractivity contribution >= 4 is 0 Å². The monoisotopic (exact) mass is 231 g/mol. The van der Waals surface area contributed by atoms with Crippen LogP contribution in [0.1, 0.15) is 31.1 Å². The minimum atomic E-state index is 0.256. The Morgan fingerprint density at radius 2 is 2.24 bits per heavy atom. The Morgan fingerprint density at radius 1 is 1.29 bits per heavy atom. The molecule has 1 saturated carbocycles. The van der Waals surface area contributed by atoms with Gasteiger partial charge in [-0.2, -0.15) is 4.98 Å². The molecule has 0 bridgehead atoms. The Bertz CT molecular complexity index is 498. The molecule has 6 heteroatoms. The minimum absolute atomic E-state index is 0.256. The molecule has 3 rings (SSSR count). The third-order valence-electron chi connectivity index (χ3n) is 3.06. The standard InChI is InChI=1S/C11H13N5O/c12-8-2-1-7(5-8)11-15-10(16-17-11)9-6-13-3-4-14-9/h3-4,6-8H,1-2,5,12H2. The summed E-state index contributed by atoms with van der Waals surface area (Å²) in [7, 11) is 0. The van der Waals surface area contributed by atoms with E-state index in [9.17, 15) is 0 Å². The number of nitrogens with zero attached hydrogens (tertiary/aromatic N) is 4. The second-order valence-corrected chi connectivity index (χ2v) is 4.32. The maximum atomic E-state index is 5.87. The molecule has 0 amide bonds. The Kier molecular flexibility index (Phi) is 2.56. The van der Waals surface area contributed by atoms with Crippen LogP contribution in [0.2, 0.25) is 0 Å². The minimum Gasteiger partial charge on any atom is -0.339 e. The number of hydrogen-bond donors (Lipinski definition) is 1. The largest absolute Gasteiger partial charge is 0.339 e. The zero-order valence-corrected chi connectivity index (χ0v) is 9.28. The van der Waals surface area contributed by atoms with Crippen molar-refractivity contribution in [3.63, 3.8) is 0 Å². The number of rotatable bonds is 2. The molecule has 1 fully saturated rings. The van der Waals surface area contributed by atoms with Crippen molar-refractivity contribution in [3.8, 4) is 11.5 Å². The summed E-state index contributed by atoms with van der Waals surface area (Å²) in [6, 6.07) is 0.256. The van der Waals surface area contributed by atoms with E-state index >= 15 is 0 Å². The quantitative estimate of drug-likeness (QED) is 0.832. The van der Waals surface area contributed by atoms with E-state index in [2.05, 4.69) is 20.1 Å². The van der Waals surface area contributed by atoms with Gasteiger partial charge >= 0.3 is 0 Å². The summed E-state index contributed by atoms with van der Waals surface area (Å²) in [4.78, 5) is 12.5. The van der Waals surface area contributed by atoms with Crippen LogP contribution in [0.5, 0.6) is 0 Å². The number of aromatic nitrogens is 4. The molecular weight excluding hydrogens is 218 g/mol. The first-order valence-corrected chi connectivity index (χ1v) is 5.68. The van der Waals surface area contributed by atoms with Gasteiger partial charge in [0.15, 0.2) is 0 Å². The van der Waals surface area contributed by atoms with Crippen LogP contribution in [0.25, 0.3) is 11.5 Å². The Morgan fingerprint density at radius 3 is 2.94 bits per heavy atom. The van der Waals surface area contributed by atoms with Gasteiger partial charge in [0.1, 0.15) is 5.69 Å². The van der Waals surface area contributed by atoms with E-state index in [1.54, 1.807) is 18.6 Å². The van der Waals surface area contributed by atoms with Crippen LogP contribution in [0.3, 0.4) is 0 Å². The predicted octanol–water partition coefficient (Wildman–Crippen LogP) is 1.12. The molecule has 2 atom stereocenters. The lowest BCUT2D eigenvalue weighted by Crippen LogP contribution is -2.14. The molecule has 0 spiro atoms. The van der Waals surface area contributed by atoms with Crippen molar-refractivity contribution in [2.24, 2.45) is 5.73 Å². The maximum Gasteiger partial charge on any atom is 0.230 e. The number of nitrogens with two attached hydrogens (primary N) is 1. The molecule has 1 aliphatic rings. The lowest BCUT2D eigenvalue weighted by molar-refractivity contribution is 0.353. The normalized spacial score (nSPS) is 24.1. The smallest absolute Gasteiger partial charge is 0.230 e. The van der Waals surface area contributed by atoms with Crippen molar-refractivity contribution in [3.05, 3.63) is 24.5 Å². The van der Waals surface area contributed by atoms with E-state index in [0.29, 0.717) is 23.3 Å². The van der Waals surface area contributed by atoms with Crippen molar-refractivity contribution in [1.29, 1.82) is 0 Å². The van der Waals surface area contributed by atoms with Gasteiger partial charge in [-0.3, -0.25) is 4.98 Å². The second kappa shape index (κ2) is 4.21. The summed E-state index contributed by atoms with van der Waals surface area (Å²) in [5.41, 5.74) is 6.50. The van der Waals surface area contributed by atoms with Gasteiger partial charge < -0.3 is 10.3 Å². The third-order valence-corrected chi connectivity index (χ3v) is 3.06. The zero-order valence-electron chi connectivity index (χ0n) is 9.28. The Balaban J connectivity index is 1.84. The number of hydrogen-bond acceptors (Lipinski definition) is 6. The van der Waals surface area contributed by atoms with Gasteiger partial charge in [-0.25, -0.2) is 4.98 Å². The lowest BCUT2D eigenvalue weighted by Gasteiger charge is -2.01. The molecule has 1 aliphatic carbocycles. The molecule has 2 aromatic heterocycles. The highest BCUT2D eigenvalue weighted by Gasteiger charge is 2.28. The molecule has 0 aromatic carbocycles. The molecule has 0 saturated heterocycles. The van der Waals surface area contributed by atoms with E-state index in [4.69, 9.17) is 10.3 Å². The predicted molar refractivity (Wildman–Crippen MR) is 59.9 cm³/mol. The van der Waals surface area contributed by atoms with Gasteiger partial charge in [0.25, 0.3) is 0 Å². The highest BCUT2D eigenvalue weighted by atomic mass is 16.5. The average Bonchev–Trinajstić information content (AvgIpc) is 2.98. The fraction of sp³-hybridized carbons (Fsp3) is 0.455. The Hall–Kier alpha value is -1.82. The van der Waals surface area contributed by atoms with Crippen molar-refractivity contribution in [2.45, 2.75) is 31.2 Å². The molecule has 2 unspecified atom stereocenters. The van der Waals surface area contributed by atoms with Crippen LogP contribution in [0.15, 0.2) is 23.1 Å². The summed E-state index contributed by atoms with van der Waals surface area (Å²) in [6.45, 7) is 0. The first-order valence-electron chi connectivity index (χ1n) is 5.68. The van der Waals surface area contributed by atoms with Gasteiger partial charge in [-0.15, -0.1) is 0 Å². The van der Waals surface area contributed by atoms with Crippen molar-refractivity contribution < 1.29 is 4.52 Å². The fourth-order valence-electron chi connectivity index (χ4n) is 2.16. The van der Waals surface area contributed by atoms with Crippen LogP contribution in [0, 0.1) is 0 Å². The van der Waals surface area contributed by atoms with Crippen LogP contribution in [-0.2, 0) is 0 Å². The van der Waals surface area contributed by atoms with Crippen molar-refractivity contribution in [1.82, 2.24) is 20.1 Å². The Labute approximate surface area is 98.3 Å². The summed E-state index contributed by atoms with van der Waals surface area (Å²) in [6.07, 6.45) is 7.80. The highest BCUT2D eigenvalue weighted by Crippen LogP contribution is 2.33. The van der Waals surface area contributed by atoms with E-state index in [0.717, 1.165) is 19.3 Å².